The number of nitrogens with zero attached hydrogens (tertiary/aromatic N) is 4. The van der Waals surface area contributed by atoms with Gasteiger partial charge in [0.1, 0.15) is 5.82 Å². The second-order valence-electron chi connectivity index (χ2n) is 6.41. The van der Waals surface area contributed by atoms with Gasteiger partial charge in [-0.2, -0.15) is 5.10 Å². The summed E-state index contributed by atoms with van der Waals surface area (Å²) in [6.45, 7) is 4.95. The molecule has 1 aromatic carbocycles. The van der Waals surface area contributed by atoms with Gasteiger partial charge >= 0.3 is 0 Å². The lowest BCUT2D eigenvalue weighted by molar-refractivity contribution is 0.162. The van der Waals surface area contributed by atoms with E-state index < -0.39 is 0 Å². The van der Waals surface area contributed by atoms with Gasteiger partial charge in [-0.1, -0.05) is 30.2 Å². The number of aliphatic hydroxyl groups excluding tert-OH is 1. The Bertz CT molecular complexity index is 667. The standard InChI is InChI=1S/C18H25ClN4O/c1-14(22-8-3-2-4-9-22)18-20-17(21-23(18)10-11-24)13-15-6-5-7-16(19)12-15/h5-7,12,14,24H,2-4,8-11,13H2,1H3. The predicted octanol–water partition coefficient (Wildman–Crippen LogP) is 3.06. The summed E-state index contributed by atoms with van der Waals surface area (Å²) in [7, 11) is 0. The number of rotatable bonds is 6. The van der Waals surface area contributed by atoms with E-state index >= 15 is 0 Å². The molecule has 0 spiro atoms. The SMILES string of the molecule is CC(c1nc(Cc2cccc(Cl)c2)nn1CCO)N1CCCCC1. The normalized spacial score (nSPS) is 17.1. The van der Waals surface area contributed by atoms with Crippen molar-refractivity contribution in [3.63, 3.8) is 0 Å². The third kappa shape index (κ3) is 4.15. The quantitative estimate of drug-likeness (QED) is 0.871. The molecule has 0 amide bonds. The van der Waals surface area contributed by atoms with Gasteiger partial charge in [0.15, 0.2) is 5.82 Å². The summed E-state index contributed by atoms with van der Waals surface area (Å²) in [5, 5.41) is 14.7. The van der Waals surface area contributed by atoms with Crippen molar-refractivity contribution in [3.8, 4) is 0 Å². The summed E-state index contributed by atoms with van der Waals surface area (Å²) in [6.07, 6.45) is 4.45. The van der Waals surface area contributed by atoms with Crippen LogP contribution in [0.25, 0.3) is 0 Å². The number of aliphatic hydroxyl groups is 1. The second kappa shape index (κ2) is 8.10. The first-order valence-electron chi connectivity index (χ1n) is 8.70. The molecule has 1 atom stereocenters. The van der Waals surface area contributed by atoms with E-state index in [1.165, 1.54) is 19.3 Å². The Labute approximate surface area is 148 Å². The predicted molar refractivity (Wildman–Crippen MR) is 95.2 cm³/mol. The molecule has 1 fully saturated rings. The highest BCUT2D eigenvalue weighted by Gasteiger charge is 2.23. The summed E-state index contributed by atoms with van der Waals surface area (Å²) in [4.78, 5) is 7.25. The van der Waals surface area contributed by atoms with Gasteiger partial charge in [0, 0.05) is 11.4 Å². The van der Waals surface area contributed by atoms with Crippen LogP contribution in [0.5, 0.6) is 0 Å². The fourth-order valence-electron chi connectivity index (χ4n) is 3.34. The fourth-order valence-corrected chi connectivity index (χ4v) is 3.56. The van der Waals surface area contributed by atoms with Crippen molar-refractivity contribution in [1.29, 1.82) is 0 Å². The summed E-state index contributed by atoms with van der Waals surface area (Å²) in [5.41, 5.74) is 1.10. The van der Waals surface area contributed by atoms with Gasteiger partial charge in [0.25, 0.3) is 0 Å². The van der Waals surface area contributed by atoms with Gasteiger partial charge in [-0.15, -0.1) is 0 Å². The van der Waals surface area contributed by atoms with Crippen LogP contribution in [0.15, 0.2) is 24.3 Å². The molecule has 0 radical (unpaired) electrons. The highest BCUT2D eigenvalue weighted by Crippen LogP contribution is 2.23. The Balaban J connectivity index is 1.81. The molecule has 5 nitrogen and oxygen atoms in total. The highest BCUT2D eigenvalue weighted by atomic mass is 35.5. The Morgan fingerprint density at radius 1 is 1.25 bits per heavy atom. The molecular formula is C18H25ClN4O. The van der Waals surface area contributed by atoms with Crippen LogP contribution in [0.4, 0.5) is 0 Å². The van der Waals surface area contributed by atoms with Crippen LogP contribution < -0.4 is 0 Å². The zero-order valence-corrected chi connectivity index (χ0v) is 14.9. The molecule has 6 heteroatoms. The Morgan fingerprint density at radius 2 is 2.04 bits per heavy atom. The smallest absolute Gasteiger partial charge is 0.155 e. The number of halogens is 1. The summed E-state index contributed by atoms with van der Waals surface area (Å²) in [6, 6.07) is 8.01. The van der Waals surface area contributed by atoms with Crippen LogP contribution in [0.1, 0.15) is 49.4 Å². The average Bonchev–Trinajstić information content (AvgIpc) is 2.98. The van der Waals surface area contributed by atoms with Crippen LogP contribution in [-0.4, -0.2) is 44.5 Å². The minimum absolute atomic E-state index is 0.0691. The van der Waals surface area contributed by atoms with Gasteiger partial charge in [-0.3, -0.25) is 4.90 Å². The number of aromatic nitrogens is 3. The van der Waals surface area contributed by atoms with Crippen molar-refractivity contribution in [3.05, 3.63) is 46.5 Å². The first-order valence-corrected chi connectivity index (χ1v) is 9.08. The topological polar surface area (TPSA) is 54.2 Å². The molecule has 0 aliphatic carbocycles. The van der Waals surface area contributed by atoms with Crippen molar-refractivity contribution in [2.45, 2.75) is 45.2 Å². The molecule has 130 valence electrons. The monoisotopic (exact) mass is 348 g/mol. The van der Waals surface area contributed by atoms with E-state index in [1.807, 2.05) is 28.9 Å². The van der Waals surface area contributed by atoms with E-state index in [1.54, 1.807) is 0 Å². The molecule has 1 N–H and O–H groups in total. The van der Waals surface area contributed by atoms with E-state index in [9.17, 15) is 5.11 Å². The van der Waals surface area contributed by atoms with Crippen LogP contribution in [0.3, 0.4) is 0 Å². The molecule has 2 heterocycles. The van der Waals surface area contributed by atoms with Crippen molar-refractivity contribution in [2.75, 3.05) is 19.7 Å². The first kappa shape index (κ1) is 17.4. The third-order valence-electron chi connectivity index (χ3n) is 4.62. The molecule has 1 aliphatic rings. The van der Waals surface area contributed by atoms with Gasteiger partial charge in [-0.05, 0) is 50.6 Å². The van der Waals surface area contributed by atoms with Gasteiger partial charge < -0.3 is 5.11 Å². The zero-order chi connectivity index (χ0) is 16.9. The van der Waals surface area contributed by atoms with Crippen LogP contribution in [0, 0.1) is 0 Å². The summed E-state index contributed by atoms with van der Waals surface area (Å²) < 4.78 is 1.86. The van der Waals surface area contributed by atoms with E-state index in [0.29, 0.717) is 13.0 Å². The summed E-state index contributed by atoms with van der Waals surface area (Å²) in [5.74, 6) is 1.73. The van der Waals surface area contributed by atoms with Gasteiger partial charge in [-0.25, -0.2) is 9.67 Å². The Morgan fingerprint density at radius 3 is 2.75 bits per heavy atom. The molecule has 1 saturated heterocycles. The largest absolute Gasteiger partial charge is 0.394 e. The van der Waals surface area contributed by atoms with Crippen LogP contribution in [0.2, 0.25) is 5.02 Å². The second-order valence-corrected chi connectivity index (χ2v) is 6.85. The van der Waals surface area contributed by atoms with Gasteiger partial charge in [0.2, 0.25) is 0 Å². The number of likely N-dealkylation sites (tertiary alicyclic amines) is 1. The molecule has 0 saturated carbocycles. The fraction of sp³-hybridized carbons (Fsp3) is 0.556. The molecule has 24 heavy (non-hydrogen) atoms. The first-order chi connectivity index (χ1) is 11.7. The number of hydrogen-bond donors (Lipinski definition) is 1. The van der Waals surface area contributed by atoms with Gasteiger partial charge in [0.05, 0.1) is 19.2 Å². The third-order valence-corrected chi connectivity index (χ3v) is 4.85. The van der Waals surface area contributed by atoms with E-state index in [-0.39, 0.29) is 12.6 Å². The van der Waals surface area contributed by atoms with Crippen LogP contribution in [-0.2, 0) is 13.0 Å². The maximum Gasteiger partial charge on any atom is 0.155 e. The zero-order valence-electron chi connectivity index (χ0n) is 14.2. The molecule has 2 aromatic rings. The lowest BCUT2D eigenvalue weighted by atomic mass is 10.1. The molecule has 1 unspecified atom stereocenters. The number of hydrogen-bond acceptors (Lipinski definition) is 4. The molecule has 3 rings (SSSR count). The maximum atomic E-state index is 9.35. The summed E-state index contributed by atoms with van der Waals surface area (Å²) >= 11 is 6.06. The van der Waals surface area contributed by atoms with Crippen molar-refractivity contribution >= 4 is 11.6 Å². The van der Waals surface area contributed by atoms with Crippen LogP contribution >= 0.6 is 11.6 Å². The highest BCUT2D eigenvalue weighted by molar-refractivity contribution is 6.30. The van der Waals surface area contributed by atoms with Crippen molar-refractivity contribution in [2.24, 2.45) is 0 Å². The minimum Gasteiger partial charge on any atom is -0.394 e. The molecule has 1 aromatic heterocycles. The average molecular weight is 349 g/mol. The van der Waals surface area contributed by atoms with E-state index in [4.69, 9.17) is 16.6 Å². The van der Waals surface area contributed by atoms with E-state index in [0.717, 1.165) is 35.3 Å². The number of piperidine rings is 1. The lowest BCUT2D eigenvalue weighted by Crippen LogP contribution is -2.34. The molecule has 0 bridgehead atoms. The van der Waals surface area contributed by atoms with Crippen molar-refractivity contribution in [1.82, 2.24) is 19.7 Å². The number of benzene rings is 1. The van der Waals surface area contributed by atoms with Crippen molar-refractivity contribution < 1.29 is 5.11 Å². The lowest BCUT2D eigenvalue weighted by Gasteiger charge is -2.31. The molecular weight excluding hydrogens is 324 g/mol. The Kier molecular flexibility index (Phi) is 5.87. The van der Waals surface area contributed by atoms with E-state index in [2.05, 4.69) is 16.9 Å². The minimum atomic E-state index is 0.0691. The molecule has 1 aliphatic heterocycles. The Hall–Kier alpha value is -1.43. The maximum absolute atomic E-state index is 9.35.